The number of aliphatic carboxylic acids is 1. The molecule has 110 valence electrons. The lowest BCUT2D eigenvalue weighted by Gasteiger charge is -2.13. The summed E-state index contributed by atoms with van der Waals surface area (Å²) in [6.07, 6.45) is -0.760. The van der Waals surface area contributed by atoms with Crippen molar-refractivity contribution in [3.05, 3.63) is 29.0 Å². The number of hydrogen-bond donors (Lipinski definition) is 3. The fourth-order valence-corrected chi connectivity index (χ4v) is 2.73. The summed E-state index contributed by atoms with van der Waals surface area (Å²) in [6, 6.07) is 0.985. The van der Waals surface area contributed by atoms with Gasteiger partial charge in [0.25, 0.3) is 0 Å². The fraction of sp³-hybridized carbons (Fsp3) is 0.200. The van der Waals surface area contributed by atoms with E-state index in [-0.39, 0.29) is 5.02 Å². The molecule has 0 heterocycles. The molecule has 0 aliphatic rings. The zero-order valence-electron chi connectivity index (χ0n) is 9.84. The van der Waals surface area contributed by atoms with E-state index >= 15 is 0 Å². The van der Waals surface area contributed by atoms with Crippen molar-refractivity contribution in [2.75, 3.05) is 0 Å². The molecule has 10 heteroatoms. The molecule has 0 bridgehead atoms. The van der Waals surface area contributed by atoms with Gasteiger partial charge in [-0.05, 0) is 18.2 Å². The number of halogens is 2. The van der Waals surface area contributed by atoms with E-state index in [4.69, 9.17) is 22.4 Å². The van der Waals surface area contributed by atoms with Gasteiger partial charge in [0.15, 0.2) is 0 Å². The van der Waals surface area contributed by atoms with Crippen LogP contribution in [0.2, 0.25) is 5.02 Å². The number of nitrogens with one attached hydrogen (secondary N) is 1. The highest BCUT2D eigenvalue weighted by Gasteiger charge is 2.28. The lowest BCUT2D eigenvalue weighted by atomic mass is 10.2. The van der Waals surface area contributed by atoms with Crippen LogP contribution in [0.5, 0.6) is 0 Å². The Bertz CT molecular complexity index is 649. The molecular formula is C10H10ClFN2O5S. The second kappa shape index (κ2) is 6.16. The van der Waals surface area contributed by atoms with Crippen LogP contribution in [-0.2, 0) is 19.6 Å². The fourth-order valence-electron chi connectivity index (χ4n) is 1.32. The summed E-state index contributed by atoms with van der Waals surface area (Å²) in [7, 11) is -4.47. The van der Waals surface area contributed by atoms with E-state index in [1.54, 1.807) is 4.72 Å². The molecule has 1 rings (SSSR count). The van der Waals surface area contributed by atoms with Crippen molar-refractivity contribution in [3.63, 3.8) is 0 Å². The Morgan fingerprint density at radius 3 is 2.50 bits per heavy atom. The summed E-state index contributed by atoms with van der Waals surface area (Å²) in [5.41, 5.74) is 4.81. The number of carboxylic acids is 1. The van der Waals surface area contributed by atoms with E-state index in [9.17, 15) is 22.4 Å². The maximum absolute atomic E-state index is 13.5. The molecular weight excluding hydrogens is 315 g/mol. The Hall–Kier alpha value is -1.71. The minimum Gasteiger partial charge on any atom is -0.480 e. The van der Waals surface area contributed by atoms with Crippen LogP contribution in [0.1, 0.15) is 6.42 Å². The normalized spacial score (nSPS) is 12.9. The number of carboxylic acid groups (broad SMARTS) is 1. The van der Waals surface area contributed by atoms with Crippen LogP contribution >= 0.6 is 11.6 Å². The van der Waals surface area contributed by atoms with Gasteiger partial charge in [-0.25, -0.2) is 12.8 Å². The molecule has 0 unspecified atom stereocenters. The molecule has 7 nitrogen and oxygen atoms in total. The minimum absolute atomic E-state index is 0.0200. The second-order valence-corrected chi connectivity index (χ2v) is 5.88. The maximum Gasteiger partial charge on any atom is 0.322 e. The van der Waals surface area contributed by atoms with Crippen molar-refractivity contribution in [1.29, 1.82) is 0 Å². The summed E-state index contributed by atoms with van der Waals surface area (Å²) in [4.78, 5) is 20.7. The highest BCUT2D eigenvalue weighted by atomic mass is 35.5. The largest absolute Gasteiger partial charge is 0.480 e. The highest BCUT2D eigenvalue weighted by Crippen LogP contribution is 2.19. The zero-order chi connectivity index (χ0) is 15.5. The van der Waals surface area contributed by atoms with Gasteiger partial charge in [0.2, 0.25) is 15.9 Å². The molecule has 1 amide bonds. The van der Waals surface area contributed by atoms with Gasteiger partial charge in [-0.15, -0.1) is 0 Å². The van der Waals surface area contributed by atoms with E-state index < -0.39 is 45.1 Å². The van der Waals surface area contributed by atoms with Gasteiger partial charge in [-0.1, -0.05) is 11.6 Å². The van der Waals surface area contributed by atoms with Crippen molar-refractivity contribution >= 4 is 33.5 Å². The van der Waals surface area contributed by atoms with Crippen LogP contribution in [0.3, 0.4) is 0 Å². The molecule has 0 saturated heterocycles. The van der Waals surface area contributed by atoms with Crippen LogP contribution in [0, 0.1) is 5.82 Å². The van der Waals surface area contributed by atoms with Crippen molar-refractivity contribution in [3.8, 4) is 0 Å². The average Bonchev–Trinajstić information content (AvgIpc) is 2.26. The molecule has 4 N–H and O–H groups in total. The predicted octanol–water partition coefficient (Wildman–Crippen LogP) is 0.0860. The number of sulfonamides is 1. The van der Waals surface area contributed by atoms with Crippen LogP contribution in [0.15, 0.2) is 23.1 Å². The third-order valence-electron chi connectivity index (χ3n) is 2.18. The van der Waals surface area contributed by atoms with Crippen molar-refractivity contribution in [1.82, 2.24) is 4.72 Å². The molecule has 0 radical (unpaired) electrons. The van der Waals surface area contributed by atoms with Gasteiger partial charge >= 0.3 is 5.97 Å². The van der Waals surface area contributed by atoms with Crippen LogP contribution in [0.4, 0.5) is 4.39 Å². The lowest BCUT2D eigenvalue weighted by Crippen LogP contribution is -2.43. The first-order valence-corrected chi connectivity index (χ1v) is 6.98. The number of amides is 1. The van der Waals surface area contributed by atoms with Gasteiger partial charge in [-0.3, -0.25) is 9.59 Å². The van der Waals surface area contributed by atoms with E-state index in [2.05, 4.69) is 0 Å². The van der Waals surface area contributed by atoms with Crippen molar-refractivity contribution in [2.45, 2.75) is 17.4 Å². The summed E-state index contributed by atoms with van der Waals surface area (Å²) in [5, 5.41) is 8.78. The maximum atomic E-state index is 13.5. The van der Waals surface area contributed by atoms with Gasteiger partial charge in [0.1, 0.15) is 16.8 Å². The van der Waals surface area contributed by atoms with Gasteiger partial charge < -0.3 is 10.8 Å². The van der Waals surface area contributed by atoms with E-state index in [1.165, 1.54) is 0 Å². The van der Waals surface area contributed by atoms with Gasteiger partial charge in [0, 0.05) is 5.02 Å². The molecule has 0 aliphatic carbocycles. The smallest absolute Gasteiger partial charge is 0.322 e. The standard InChI is InChI=1S/C10H10ClFN2O5S/c11-5-1-2-8(6(12)3-5)20(18,19)14-7(10(16)17)4-9(13)15/h1-3,7,14H,4H2,(H2,13,15)(H,16,17)/t7-/m0/s1. The summed E-state index contributed by atoms with van der Waals surface area (Å²) < 4.78 is 38.9. The Kier molecular flexibility index (Phi) is 5.03. The number of primary amides is 1. The molecule has 20 heavy (non-hydrogen) atoms. The summed E-state index contributed by atoms with van der Waals surface area (Å²) in [5.74, 6) is -3.77. The summed E-state index contributed by atoms with van der Waals surface area (Å²) in [6.45, 7) is 0. The third-order valence-corrected chi connectivity index (χ3v) is 3.92. The molecule has 0 aliphatic heterocycles. The summed E-state index contributed by atoms with van der Waals surface area (Å²) >= 11 is 5.48. The molecule has 0 aromatic heterocycles. The number of benzene rings is 1. The van der Waals surface area contributed by atoms with E-state index in [0.29, 0.717) is 0 Å². The number of hydrogen-bond acceptors (Lipinski definition) is 4. The molecule has 1 aromatic rings. The molecule has 0 saturated carbocycles. The monoisotopic (exact) mass is 324 g/mol. The van der Waals surface area contributed by atoms with E-state index in [0.717, 1.165) is 18.2 Å². The molecule has 0 spiro atoms. The Morgan fingerprint density at radius 2 is 2.05 bits per heavy atom. The Morgan fingerprint density at radius 1 is 1.45 bits per heavy atom. The SMILES string of the molecule is NC(=O)C[C@H](NS(=O)(=O)c1ccc(Cl)cc1F)C(=O)O. The Balaban J connectivity index is 3.09. The van der Waals surface area contributed by atoms with Crippen LogP contribution < -0.4 is 10.5 Å². The third kappa shape index (κ3) is 4.15. The quantitative estimate of drug-likeness (QED) is 0.683. The number of carbonyl (C=O) groups is 2. The first-order valence-electron chi connectivity index (χ1n) is 5.12. The average molecular weight is 325 g/mol. The van der Waals surface area contributed by atoms with Crippen LogP contribution in [-0.4, -0.2) is 31.4 Å². The second-order valence-electron chi connectivity index (χ2n) is 3.76. The minimum atomic E-state index is -4.47. The molecule has 1 atom stereocenters. The highest BCUT2D eigenvalue weighted by molar-refractivity contribution is 7.89. The lowest BCUT2D eigenvalue weighted by molar-refractivity contribution is -0.140. The first-order chi connectivity index (χ1) is 9.13. The number of nitrogens with two attached hydrogens (primary N) is 1. The van der Waals surface area contributed by atoms with E-state index in [1.807, 2.05) is 0 Å². The zero-order valence-corrected chi connectivity index (χ0v) is 11.4. The van der Waals surface area contributed by atoms with Crippen molar-refractivity contribution in [2.24, 2.45) is 5.73 Å². The molecule has 1 aromatic carbocycles. The van der Waals surface area contributed by atoms with Crippen LogP contribution in [0.25, 0.3) is 0 Å². The molecule has 0 fully saturated rings. The van der Waals surface area contributed by atoms with Crippen molar-refractivity contribution < 1.29 is 27.5 Å². The Labute approximate surface area is 118 Å². The predicted molar refractivity (Wildman–Crippen MR) is 67.0 cm³/mol. The van der Waals surface area contributed by atoms with Gasteiger partial charge in [-0.2, -0.15) is 4.72 Å². The number of rotatable bonds is 6. The number of carbonyl (C=O) groups excluding carboxylic acids is 1. The first kappa shape index (κ1) is 16.3. The topological polar surface area (TPSA) is 127 Å². The van der Waals surface area contributed by atoms with Gasteiger partial charge in [0.05, 0.1) is 6.42 Å².